The summed E-state index contributed by atoms with van der Waals surface area (Å²) in [6, 6.07) is 18.6. The number of nitrogens with one attached hydrogen (secondary N) is 2. The van der Waals surface area contributed by atoms with Crippen LogP contribution in [0, 0.1) is 6.92 Å². The number of rotatable bonds is 5. The van der Waals surface area contributed by atoms with E-state index in [0.29, 0.717) is 39.4 Å². The van der Waals surface area contributed by atoms with Crippen molar-refractivity contribution in [1.29, 1.82) is 0 Å². The minimum absolute atomic E-state index is 0.261. The summed E-state index contributed by atoms with van der Waals surface area (Å²) in [5, 5.41) is 7.00. The van der Waals surface area contributed by atoms with Crippen LogP contribution in [0.3, 0.4) is 0 Å². The second-order valence-corrected chi connectivity index (χ2v) is 8.82. The second kappa shape index (κ2) is 9.00. The average Bonchev–Trinajstić information content (AvgIpc) is 3.22. The second-order valence-electron chi connectivity index (χ2n) is 8.39. The molecule has 7 nitrogen and oxygen atoms in total. The van der Waals surface area contributed by atoms with E-state index in [1.807, 2.05) is 73.0 Å². The first-order valence-corrected chi connectivity index (χ1v) is 11.5. The number of halogens is 1. The third-order valence-corrected chi connectivity index (χ3v) is 6.48. The van der Waals surface area contributed by atoms with Crippen molar-refractivity contribution in [1.82, 2.24) is 9.55 Å². The highest BCUT2D eigenvalue weighted by atomic mass is 35.5. The SMILES string of the molecule is COc1cc(NC(=O)C2=C(C)Nc3nc4ccccc4n3C2c2ccc(Cl)cc2)c(OC)cc1C. The van der Waals surface area contributed by atoms with Crippen molar-refractivity contribution in [2.24, 2.45) is 0 Å². The maximum Gasteiger partial charge on any atom is 0.255 e. The number of hydrogen-bond donors (Lipinski definition) is 2. The number of allylic oxidation sites excluding steroid dienone is 1. The van der Waals surface area contributed by atoms with Crippen molar-refractivity contribution in [3.63, 3.8) is 0 Å². The first-order chi connectivity index (χ1) is 16.9. The molecule has 1 aliphatic heterocycles. The summed E-state index contributed by atoms with van der Waals surface area (Å²) < 4.78 is 13.0. The van der Waals surface area contributed by atoms with Gasteiger partial charge in [-0.2, -0.15) is 0 Å². The number of ether oxygens (including phenoxy) is 2. The molecule has 2 heterocycles. The van der Waals surface area contributed by atoms with Crippen LogP contribution in [-0.2, 0) is 4.79 Å². The van der Waals surface area contributed by atoms with Gasteiger partial charge in [0.15, 0.2) is 0 Å². The van der Waals surface area contributed by atoms with Crippen molar-refractivity contribution >= 4 is 40.2 Å². The lowest BCUT2D eigenvalue weighted by Gasteiger charge is -2.31. The van der Waals surface area contributed by atoms with E-state index in [9.17, 15) is 4.79 Å². The Kier molecular flexibility index (Phi) is 5.86. The van der Waals surface area contributed by atoms with Crippen LogP contribution in [0.4, 0.5) is 11.6 Å². The Morgan fingerprint density at radius 3 is 2.46 bits per heavy atom. The van der Waals surface area contributed by atoms with Gasteiger partial charge in [-0.1, -0.05) is 35.9 Å². The minimum Gasteiger partial charge on any atom is -0.496 e. The van der Waals surface area contributed by atoms with Crippen LogP contribution in [0.5, 0.6) is 11.5 Å². The standard InChI is InChI=1S/C27H25ClN4O3/c1-15-13-23(35-4)20(14-22(15)34-3)30-26(33)24-16(2)29-27-31-19-7-5-6-8-21(19)32(27)25(24)17-9-11-18(28)12-10-17/h5-14,25H,1-4H3,(H,29,31)(H,30,33). The number of aromatic nitrogens is 2. The monoisotopic (exact) mass is 488 g/mol. The molecule has 0 saturated carbocycles. The van der Waals surface area contributed by atoms with Gasteiger partial charge in [-0.05, 0) is 55.3 Å². The van der Waals surface area contributed by atoms with Crippen molar-refractivity contribution < 1.29 is 14.3 Å². The Morgan fingerprint density at radius 1 is 1.03 bits per heavy atom. The molecule has 0 saturated heterocycles. The number of para-hydroxylation sites is 2. The molecule has 0 bridgehead atoms. The van der Waals surface area contributed by atoms with Crippen LogP contribution < -0.4 is 20.1 Å². The summed E-state index contributed by atoms with van der Waals surface area (Å²) in [6.45, 7) is 3.81. The van der Waals surface area contributed by atoms with E-state index in [0.717, 1.165) is 22.2 Å². The zero-order valence-corrected chi connectivity index (χ0v) is 20.6. The predicted octanol–water partition coefficient (Wildman–Crippen LogP) is 5.94. The van der Waals surface area contributed by atoms with E-state index in [-0.39, 0.29) is 5.91 Å². The highest BCUT2D eigenvalue weighted by molar-refractivity contribution is 6.30. The van der Waals surface area contributed by atoms with Gasteiger partial charge in [0.1, 0.15) is 11.5 Å². The summed E-state index contributed by atoms with van der Waals surface area (Å²) in [4.78, 5) is 18.6. The molecule has 2 N–H and O–H groups in total. The Hall–Kier alpha value is -3.97. The molecule has 0 spiro atoms. The largest absolute Gasteiger partial charge is 0.496 e. The molecule has 3 aromatic carbocycles. The van der Waals surface area contributed by atoms with Gasteiger partial charge in [0.05, 0.1) is 42.6 Å². The molecule has 35 heavy (non-hydrogen) atoms. The maximum atomic E-state index is 13.9. The molecule has 0 radical (unpaired) electrons. The maximum absolute atomic E-state index is 13.9. The summed E-state index contributed by atoms with van der Waals surface area (Å²) >= 11 is 6.19. The number of nitrogens with zero attached hydrogens (tertiary/aromatic N) is 2. The van der Waals surface area contributed by atoms with Crippen LogP contribution in [0.2, 0.25) is 5.02 Å². The van der Waals surface area contributed by atoms with Crippen LogP contribution in [-0.4, -0.2) is 29.7 Å². The van der Waals surface area contributed by atoms with Gasteiger partial charge in [-0.25, -0.2) is 4.98 Å². The topological polar surface area (TPSA) is 77.4 Å². The van der Waals surface area contributed by atoms with Crippen LogP contribution in [0.25, 0.3) is 11.0 Å². The number of carbonyl (C=O) groups excluding carboxylic acids is 1. The van der Waals surface area contributed by atoms with Crippen LogP contribution in [0.1, 0.15) is 24.1 Å². The molecule has 5 rings (SSSR count). The fourth-order valence-corrected chi connectivity index (χ4v) is 4.68. The highest BCUT2D eigenvalue weighted by Gasteiger charge is 2.34. The molecule has 1 aromatic heterocycles. The smallest absolute Gasteiger partial charge is 0.255 e. The normalized spacial score (nSPS) is 14.9. The number of imidazole rings is 1. The molecule has 1 atom stereocenters. The molecule has 0 aliphatic carbocycles. The van der Waals surface area contributed by atoms with E-state index >= 15 is 0 Å². The van der Waals surface area contributed by atoms with Crippen LogP contribution in [0.15, 0.2) is 71.9 Å². The Bertz CT molecular complexity index is 1470. The highest BCUT2D eigenvalue weighted by Crippen LogP contribution is 2.40. The Balaban J connectivity index is 1.64. The van der Waals surface area contributed by atoms with Gasteiger partial charge in [-0.3, -0.25) is 9.36 Å². The lowest BCUT2D eigenvalue weighted by molar-refractivity contribution is -0.113. The molecule has 8 heteroatoms. The average molecular weight is 489 g/mol. The van der Waals surface area contributed by atoms with Crippen molar-refractivity contribution in [2.75, 3.05) is 24.9 Å². The molecule has 0 fully saturated rings. The summed E-state index contributed by atoms with van der Waals surface area (Å²) in [6.07, 6.45) is 0. The van der Waals surface area contributed by atoms with Gasteiger partial charge in [0.2, 0.25) is 5.95 Å². The fraction of sp³-hybridized carbons (Fsp3) is 0.185. The number of methoxy groups -OCH3 is 2. The van der Waals surface area contributed by atoms with Gasteiger partial charge in [0.25, 0.3) is 5.91 Å². The number of benzene rings is 3. The zero-order valence-electron chi connectivity index (χ0n) is 19.8. The number of anilines is 2. The predicted molar refractivity (Wildman–Crippen MR) is 139 cm³/mol. The number of amides is 1. The van der Waals surface area contributed by atoms with E-state index in [1.54, 1.807) is 20.3 Å². The number of hydrogen-bond acceptors (Lipinski definition) is 5. The third-order valence-electron chi connectivity index (χ3n) is 6.23. The Labute approximate surface area is 208 Å². The van der Waals surface area contributed by atoms with E-state index in [4.69, 9.17) is 26.1 Å². The first-order valence-electron chi connectivity index (χ1n) is 11.2. The van der Waals surface area contributed by atoms with E-state index in [1.165, 1.54) is 0 Å². The third kappa shape index (κ3) is 3.98. The summed E-state index contributed by atoms with van der Waals surface area (Å²) in [5.74, 6) is 1.62. The molecule has 1 amide bonds. The van der Waals surface area contributed by atoms with Gasteiger partial charge in [0, 0.05) is 16.8 Å². The number of carbonyl (C=O) groups is 1. The van der Waals surface area contributed by atoms with Gasteiger partial charge >= 0.3 is 0 Å². The lowest BCUT2D eigenvalue weighted by atomic mass is 9.94. The molecule has 178 valence electrons. The molecule has 4 aromatic rings. The Morgan fingerprint density at radius 2 is 1.74 bits per heavy atom. The van der Waals surface area contributed by atoms with Crippen molar-refractivity contribution in [2.45, 2.75) is 19.9 Å². The first kappa shape index (κ1) is 22.8. The lowest BCUT2D eigenvalue weighted by Crippen LogP contribution is -2.31. The van der Waals surface area contributed by atoms with Crippen molar-refractivity contribution in [3.05, 3.63) is 88.1 Å². The number of aryl methyl sites for hydroxylation is 1. The van der Waals surface area contributed by atoms with Crippen molar-refractivity contribution in [3.8, 4) is 11.5 Å². The fourth-order valence-electron chi connectivity index (χ4n) is 4.56. The van der Waals surface area contributed by atoms with Crippen LogP contribution >= 0.6 is 11.6 Å². The van der Waals surface area contributed by atoms with E-state index < -0.39 is 6.04 Å². The van der Waals surface area contributed by atoms with Gasteiger partial charge in [-0.15, -0.1) is 0 Å². The van der Waals surface area contributed by atoms with E-state index in [2.05, 4.69) is 10.6 Å². The molecular weight excluding hydrogens is 464 g/mol. The van der Waals surface area contributed by atoms with Gasteiger partial charge < -0.3 is 20.1 Å². The summed E-state index contributed by atoms with van der Waals surface area (Å²) in [7, 11) is 3.17. The minimum atomic E-state index is -0.422. The zero-order chi connectivity index (χ0) is 24.7. The summed E-state index contributed by atoms with van der Waals surface area (Å²) in [5.41, 5.74) is 5.38. The molecule has 1 aliphatic rings. The quantitative estimate of drug-likeness (QED) is 0.363. The molecule has 1 unspecified atom stereocenters. The molecular formula is C27H25ClN4O3. The number of fused-ring (bicyclic) bond motifs is 3.